The highest BCUT2D eigenvalue weighted by molar-refractivity contribution is 5.80. The van der Waals surface area contributed by atoms with Crippen LogP contribution in [0.5, 0.6) is 0 Å². The molecule has 6 nitrogen and oxygen atoms in total. The van der Waals surface area contributed by atoms with Crippen molar-refractivity contribution >= 4 is 11.9 Å². The van der Waals surface area contributed by atoms with Crippen LogP contribution in [0.3, 0.4) is 0 Å². The van der Waals surface area contributed by atoms with Gasteiger partial charge in [-0.15, -0.1) is 0 Å². The maximum Gasteiger partial charge on any atom is 0.225 e. The first-order valence-corrected chi connectivity index (χ1v) is 7.98. The molecule has 1 N–H and O–H groups in total. The number of aromatic nitrogens is 2. The van der Waals surface area contributed by atoms with Gasteiger partial charge in [0.1, 0.15) is 5.82 Å². The summed E-state index contributed by atoms with van der Waals surface area (Å²) in [6.07, 6.45) is 3.52. The lowest BCUT2D eigenvalue weighted by molar-refractivity contribution is 0.370. The second-order valence-corrected chi connectivity index (χ2v) is 5.55. The third kappa shape index (κ3) is 3.98. The van der Waals surface area contributed by atoms with Gasteiger partial charge in [-0.1, -0.05) is 12.1 Å². The average molecular weight is 328 g/mol. The molecule has 0 radical (unpaired) electrons. The smallest absolute Gasteiger partial charge is 0.225 e. The lowest BCUT2D eigenvalue weighted by Crippen LogP contribution is -2.52. The SMILES string of the molecule is CN=C(NCc1ccc(F)cc1)N1CCN(c2ncccn2)CC1. The Morgan fingerprint density at radius 2 is 1.79 bits per heavy atom. The number of nitrogens with zero attached hydrogens (tertiary/aromatic N) is 5. The van der Waals surface area contributed by atoms with Gasteiger partial charge in [0.15, 0.2) is 5.96 Å². The molecule has 0 amide bonds. The van der Waals surface area contributed by atoms with Crippen molar-refractivity contribution in [3.05, 3.63) is 54.1 Å². The fourth-order valence-corrected chi connectivity index (χ4v) is 2.69. The average Bonchev–Trinajstić information content (AvgIpc) is 2.65. The Morgan fingerprint density at radius 3 is 2.42 bits per heavy atom. The van der Waals surface area contributed by atoms with Crippen LogP contribution in [0.1, 0.15) is 5.56 Å². The Kier molecular flexibility index (Phi) is 5.20. The van der Waals surface area contributed by atoms with E-state index in [0.29, 0.717) is 6.54 Å². The molecule has 0 aliphatic carbocycles. The first-order valence-electron chi connectivity index (χ1n) is 7.98. The van der Waals surface area contributed by atoms with E-state index in [4.69, 9.17) is 0 Å². The minimum atomic E-state index is -0.220. The number of aliphatic imine (C=N–C) groups is 1. The van der Waals surface area contributed by atoms with Crippen LogP contribution in [-0.2, 0) is 6.54 Å². The summed E-state index contributed by atoms with van der Waals surface area (Å²) >= 11 is 0. The second-order valence-electron chi connectivity index (χ2n) is 5.55. The molecule has 0 saturated carbocycles. The monoisotopic (exact) mass is 328 g/mol. The molecule has 0 spiro atoms. The standard InChI is InChI=1S/C17H21FN6/c1-19-16(22-13-14-3-5-15(18)6-4-14)23-9-11-24(12-10-23)17-20-7-2-8-21-17/h2-8H,9-13H2,1H3,(H,19,22). The minimum absolute atomic E-state index is 0.220. The summed E-state index contributed by atoms with van der Waals surface area (Å²) in [6.45, 7) is 4.01. The van der Waals surface area contributed by atoms with Crippen molar-refractivity contribution in [1.82, 2.24) is 20.2 Å². The molecule has 1 saturated heterocycles. The molecule has 7 heteroatoms. The molecule has 1 fully saturated rings. The molecule has 2 aromatic rings. The normalized spacial score (nSPS) is 15.5. The highest BCUT2D eigenvalue weighted by Gasteiger charge is 2.20. The molecule has 24 heavy (non-hydrogen) atoms. The van der Waals surface area contributed by atoms with Gasteiger partial charge in [0.2, 0.25) is 5.95 Å². The molecule has 0 atom stereocenters. The van der Waals surface area contributed by atoms with Crippen LogP contribution in [0.2, 0.25) is 0 Å². The zero-order valence-electron chi connectivity index (χ0n) is 13.7. The fraction of sp³-hybridized carbons (Fsp3) is 0.353. The second kappa shape index (κ2) is 7.72. The van der Waals surface area contributed by atoms with Crippen molar-refractivity contribution < 1.29 is 4.39 Å². The lowest BCUT2D eigenvalue weighted by atomic mass is 10.2. The number of nitrogens with one attached hydrogen (secondary N) is 1. The van der Waals surface area contributed by atoms with Crippen molar-refractivity contribution in [2.45, 2.75) is 6.54 Å². The van der Waals surface area contributed by atoms with Gasteiger partial charge in [0, 0.05) is 52.2 Å². The number of guanidine groups is 1. The molecular weight excluding hydrogens is 307 g/mol. The zero-order valence-corrected chi connectivity index (χ0v) is 13.7. The van der Waals surface area contributed by atoms with E-state index in [1.165, 1.54) is 12.1 Å². The maximum absolute atomic E-state index is 13.0. The van der Waals surface area contributed by atoms with Crippen molar-refractivity contribution in [3.8, 4) is 0 Å². The molecule has 2 heterocycles. The van der Waals surface area contributed by atoms with Crippen molar-refractivity contribution in [1.29, 1.82) is 0 Å². The van der Waals surface area contributed by atoms with Crippen LogP contribution in [-0.4, -0.2) is 54.1 Å². The molecule has 0 unspecified atom stereocenters. The zero-order chi connectivity index (χ0) is 16.8. The number of piperazine rings is 1. The Balaban J connectivity index is 1.53. The molecule has 1 aliphatic rings. The van der Waals surface area contributed by atoms with Gasteiger partial charge < -0.3 is 15.1 Å². The number of halogens is 1. The van der Waals surface area contributed by atoms with Gasteiger partial charge in [-0.2, -0.15) is 0 Å². The van der Waals surface area contributed by atoms with E-state index in [-0.39, 0.29) is 5.82 Å². The molecule has 0 bridgehead atoms. The molecule has 3 rings (SSSR count). The number of benzene rings is 1. The van der Waals surface area contributed by atoms with E-state index in [2.05, 4.69) is 30.1 Å². The van der Waals surface area contributed by atoms with Crippen LogP contribution in [0.15, 0.2) is 47.7 Å². The third-order valence-electron chi connectivity index (χ3n) is 3.99. The third-order valence-corrected chi connectivity index (χ3v) is 3.99. The van der Waals surface area contributed by atoms with Gasteiger partial charge in [-0.3, -0.25) is 4.99 Å². The molecule has 1 aromatic carbocycles. The van der Waals surface area contributed by atoms with Gasteiger partial charge >= 0.3 is 0 Å². The van der Waals surface area contributed by atoms with Crippen LogP contribution in [0.4, 0.5) is 10.3 Å². The van der Waals surface area contributed by atoms with Crippen molar-refractivity contribution in [3.63, 3.8) is 0 Å². The maximum atomic E-state index is 13.0. The number of hydrogen-bond acceptors (Lipinski definition) is 4. The Labute approximate surface area is 141 Å². The summed E-state index contributed by atoms with van der Waals surface area (Å²) in [5.74, 6) is 1.40. The first-order chi connectivity index (χ1) is 11.8. The Morgan fingerprint density at radius 1 is 1.12 bits per heavy atom. The summed E-state index contributed by atoms with van der Waals surface area (Å²) in [4.78, 5) is 17.3. The molecular formula is C17H21FN6. The van der Waals surface area contributed by atoms with Crippen LogP contribution in [0.25, 0.3) is 0 Å². The summed E-state index contributed by atoms with van der Waals surface area (Å²) < 4.78 is 13.0. The molecule has 126 valence electrons. The summed E-state index contributed by atoms with van der Waals surface area (Å²) in [7, 11) is 1.78. The first kappa shape index (κ1) is 16.2. The Hall–Kier alpha value is -2.70. The lowest BCUT2D eigenvalue weighted by Gasteiger charge is -2.36. The largest absolute Gasteiger partial charge is 0.352 e. The van der Waals surface area contributed by atoms with Gasteiger partial charge in [0.25, 0.3) is 0 Å². The van der Waals surface area contributed by atoms with Crippen LogP contribution < -0.4 is 10.2 Å². The highest BCUT2D eigenvalue weighted by atomic mass is 19.1. The van der Waals surface area contributed by atoms with Crippen molar-refractivity contribution in [2.75, 3.05) is 38.1 Å². The van der Waals surface area contributed by atoms with Crippen molar-refractivity contribution in [2.24, 2.45) is 4.99 Å². The van der Waals surface area contributed by atoms with Gasteiger partial charge in [0.05, 0.1) is 0 Å². The quantitative estimate of drug-likeness (QED) is 0.684. The van der Waals surface area contributed by atoms with E-state index < -0.39 is 0 Å². The van der Waals surface area contributed by atoms with Gasteiger partial charge in [-0.25, -0.2) is 14.4 Å². The minimum Gasteiger partial charge on any atom is -0.352 e. The summed E-state index contributed by atoms with van der Waals surface area (Å²) in [6, 6.07) is 8.32. The van der Waals surface area contributed by atoms with Crippen LogP contribution >= 0.6 is 0 Å². The van der Waals surface area contributed by atoms with E-state index in [1.54, 1.807) is 31.6 Å². The highest BCUT2D eigenvalue weighted by Crippen LogP contribution is 2.10. The summed E-state index contributed by atoms with van der Waals surface area (Å²) in [5.41, 5.74) is 1.02. The fourth-order valence-electron chi connectivity index (χ4n) is 2.69. The van der Waals surface area contributed by atoms with E-state index in [1.807, 2.05) is 6.07 Å². The topological polar surface area (TPSA) is 56.7 Å². The molecule has 1 aromatic heterocycles. The number of anilines is 1. The predicted octanol–water partition coefficient (Wildman–Crippen LogP) is 1.51. The number of rotatable bonds is 3. The predicted molar refractivity (Wildman–Crippen MR) is 92.4 cm³/mol. The molecule has 1 aliphatic heterocycles. The van der Waals surface area contributed by atoms with Gasteiger partial charge in [-0.05, 0) is 23.8 Å². The number of hydrogen-bond donors (Lipinski definition) is 1. The van der Waals surface area contributed by atoms with E-state index in [9.17, 15) is 4.39 Å². The Bertz CT molecular complexity index is 665. The van der Waals surface area contributed by atoms with Crippen LogP contribution in [0, 0.1) is 5.82 Å². The van der Waals surface area contributed by atoms with E-state index in [0.717, 1.165) is 43.7 Å². The van der Waals surface area contributed by atoms with E-state index >= 15 is 0 Å². The summed E-state index contributed by atoms with van der Waals surface area (Å²) in [5, 5.41) is 3.33.